The molecule has 0 aliphatic carbocycles. The summed E-state index contributed by atoms with van der Waals surface area (Å²) in [4.78, 5) is 0. The zero-order valence-electron chi connectivity index (χ0n) is 13.3. The van der Waals surface area contributed by atoms with Crippen molar-refractivity contribution < 1.29 is 17.9 Å². The van der Waals surface area contributed by atoms with Crippen molar-refractivity contribution >= 4 is 18.4 Å². The highest BCUT2D eigenvalue weighted by Crippen LogP contribution is 2.18. The van der Waals surface area contributed by atoms with Crippen LogP contribution in [-0.4, -0.2) is 27.7 Å². The molecule has 0 unspecified atom stereocenters. The monoisotopic (exact) mass is 378 g/mol. The molecule has 3 aromatic rings. The number of aromatic nitrogens is 3. The van der Waals surface area contributed by atoms with Crippen LogP contribution in [0.25, 0.3) is 0 Å². The van der Waals surface area contributed by atoms with Crippen molar-refractivity contribution in [2.75, 3.05) is 0 Å². The smallest absolute Gasteiger partial charge is 0.387 e. The molecule has 0 saturated carbocycles. The fraction of sp³-hybridized carbons (Fsp3) is 0.118. The van der Waals surface area contributed by atoms with E-state index in [-0.39, 0.29) is 16.3 Å². The number of nitrogens with zero attached hydrogens (tertiary/aromatic N) is 3. The van der Waals surface area contributed by atoms with Gasteiger partial charge in [0.25, 0.3) is 0 Å². The molecule has 1 heterocycles. The highest BCUT2D eigenvalue weighted by atomic mass is 32.1. The Kier molecular flexibility index (Phi) is 5.47. The first kappa shape index (κ1) is 17.9. The van der Waals surface area contributed by atoms with E-state index in [0.29, 0.717) is 17.8 Å². The van der Waals surface area contributed by atoms with Gasteiger partial charge in [-0.15, -0.1) is 0 Å². The van der Waals surface area contributed by atoms with Gasteiger partial charge in [-0.3, -0.25) is 5.10 Å². The highest BCUT2D eigenvalue weighted by molar-refractivity contribution is 7.71. The number of hydrogen-bond donors (Lipinski definition) is 1. The van der Waals surface area contributed by atoms with E-state index in [1.165, 1.54) is 29.1 Å². The van der Waals surface area contributed by atoms with Gasteiger partial charge < -0.3 is 4.74 Å². The molecule has 0 aliphatic rings. The van der Waals surface area contributed by atoms with Crippen LogP contribution < -0.4 is 4.74 Å². The minimum atomic E-state index is -2.94. The molecule has 0 aliphatic heterocycles. The third kappa shape index (κ3) is 4.37. The van der Waals surface area contributed by atoms with E-state index in [2.05, 4.69) is 20.0 Å². The standard InChI is InChI=1S/C17H13F3N4OS/c18-13-7-5-11(6-8-13)9-15-22-23-17(26)24(15)21-10-12-3-1-2-4-14(12)25-16(19)20/h1-8,10,16H,9H2,(H,23,26)/b21-10-. The lowest BCUT2D eigenvalue weighted by molar-refractivity contribution is -0.0499. The highest BCUT2D eigenvalue weighted by Gasteiger charge is 2.09. The fourth-order valence-electron chi connectivity index (χ4n) is 2.25. The van der Waals surface area contributed by atoms with Gasteiger partial charge in [0, 0.05) is 12.0 Å². The lowest BCUT2D eigenvalue weighted by Crippen LogP contribution is -2.05. The normalized spacial score (nSPS) is 11.4. The summed E-state index contributed by atoms with van der Waals surface area (Å²) in [5.74, 6) is 0.160. The Labute approximate surface area is 151 Å². The summed E-state index contributed by atoms with van der Waals surface area (Å²) in [5.41, 5.74) is 1.18. The molecule has 1 aromatic heterocycles. The number of hydrogen-bond acceptors (Lipinski definition) is 4. The number of para-hydroxylation sites is 1. The quantitative estimate of drug-likeness (QED) is 0.518. The van der Waals surface area contributed by atoms with Crippen LogP contribution in [0.2, 0.25) is 0 Å². The SMILES string of the molecule is Fc1ccc(Cc2n[nH]c(=S)n2/N=C\c2ccccc2OC(F)F)cc1. The molecule has 1 N–H and O–H groups in total. The number of rotatable bonds is 6. The van der Waals surface area contributed by atoms with Gasteiger partial charge in [0.1, 0.15) is 11.6 Å². The minimum Gasteiger partial charge on any atom is -0.434 e. The number of ether oxygens (including phenoxy) is 1. The molecule has 0 radical (unpaired) electrons. The van der Waals surface area contributed by atoms with E-state index >= 15 is 0 Å². The molecule has 0 amide bonds. The molecule has 3 rings (SSSR count). The second-order valence-corrected chi connectivity index (χ2v) is 5.61. The van der Waals surface area contributed by atoms with Crippen LogP contribution in [-0.2, 0) is 6.42 Å². The summed E-state index contributed by atoms with van der Waals surface area (Å²) in [6.45, 7) is -2.94. The van der Waals surface area contributed by atoms with Crippen molar-refractivity contribution in [3.63, 3.8) is 0 Å². The Balaban J connectivity index is 1.87. The van der Waals surface area contributed by atoms with Gasteiger partial charge in [0.2, 0.25) is 4.77 Å². The maximum absolute atomic E-state index is 13.0. The van der Waals surface area contributed by atoms with Crippen LogP contribution in [0, 0.1) is 10.6 Å². The molecule has 0 spiro atoms. The number of benzene rings is 2. The second-order valence-electron chi connectivity index (χ2n) is 5.22. The van der Waals surface area contributed by atoms with Gasteiger partial charge in [0.15, 0.2) is 5.82 Å². The molecule has 2 aromatic carbocycles. The minimum absolute atomic E-state index is 0.00125. The van der Waals surface area contributed by atoms with Crippen molar-refractivity contribution in [1.82, 2.24) is 14.9 Å². The van der Waals surface area contributed by atoms with Crippen LogP contribution in [0.15, 0.2) is 53.6 Å². The molecule has 26 heavy (non-hydrogen) atoms. The predicted molar refractivity (Wildman–Crippen MR) is 92.7 cm³/mol. The van der Waals surface area contributed by atoms with E-state index in [4.69, 9.17) is 12.2 Å². The van der Waals surface area contributed by atoms with Gasteiger partial charge in [-0.25, -0.2) is 4.39 Å². The largest absolute Gasteiger partial charge is 0.434 e. The Bertz CT molecular complexity index is 967. The average molecular weight is 378 g/mol. The molecule has 134 valence electrons. The lowest BCUT2D eigenvalue weighted by atomic mass is 10.1. The molecule has 0 fully saturated rings. The molecule has 9 heteroatoms. The van der Waals surface area contributed by atoms with Crippen LogP contribution in [0.1, 0.15) is 17.0 Å². The summed E-state index contributed by atoms with van der Waals surface area (Å²) in [6.07, 6.45) is 1.72. The first-order chi connectivity index (χ1) is 12.5. The van der Waals surface area contributed by atoms with Gasteiger partial charge in [-0.1, -0.05) is 24.3 Å². The Morgan fingerprint density at radius 3 is 2.65 bits per heavy atom. The molecule has 0 atom stereocenters. The van der Waals surface area contributed by atoms with Crippen molar-refractivity contribution in [3.05, 3.63) is 76.1 Å². The van der Waals surface area contributed by atoms with Crippen LogP contribution >= 0.6 is 12.2 Å². The second kappa shape index (κ2) is 7.96. The Hall–Kier alpha value is -2.94. The number of nitrogens with one attached hydrogen (secondary N) is 1. The van der Waals surface area contributed by atoms with E-state index in [1.54, 1.807) is 30.3 Å². The summed E-state index contributed by atoms with van der Waals surface area (Å²) in [6, 6.07) is 12.2. The van der Waals surface area contributed by atoms with Crippen LogP contribution in [0.3, 0.4) is 0 Å². The summed E-state index contributed by atoms with van der Waals surface area (Å²) in [7, 11) is 0. The van der Waals surface area contributed by atoms with Gasteiger partial charge in [-0.05, 0) is 42.0 Å². The average Bonchev–Trinajstić information content (AvgIpc) is 2.95. The third-order valence-corrected chi connectivity index (χ3v) is 3.70. The summed E-state index contributed by atoms with van der Waals surface area (Å²) >= 11 is 5.15. The zero-order valence-corrected chi connectivity index (χ0v) is 14.1. The van der Waals surface area contributed by atoms with Crippen molar-refractivity contribution in [3.8, 4) is 5.75 Å². The maximum atomic E-state index is 13.0. The van der Waals surface area contributed by atoms with E-state index < -0.39 is 6.61 Å². The first-order valence-electron chi connectivity index (χ1n) is 7.52. The number of alkyl halides is 2. The van der Waals surface area contributed by atoms with Crippen LogP contribution in [0.4, 0.5) is 13.2 Å². The predicted octanol–water partition coefficient (Wildman–Crippen LogP) is 4.15. The van der Waals surface area contributed by atoms with Crippen molar-refractivity contribution in [2.45, 2.75) is 13.0 Å². The molecular formula is C17H13F3N4OS. The number of aromatic amines is 1. The maximum Gasteiger partial charge on any atom is 0.387 e. The molecule has 0 bridgehead atoms. The van der Waals surface area contributed by atoms with Gasteiger partial charge >= 0.3 is 6.61 Å². The van der Waals surface area contributed by atoms with Crippen LogP contribution in [0.5, 0.6) is 5.75 Å². The fourth-order valence-corrected chi connectivity index (χ4v) is 2.45. The summed E-state index contributed by atoms with van der Waals surface area (Å²) in [5, 5.41) is 10.9. The Morgan fingerprint density at radius 1 is 1.19 bits per heavy atom. The zero-order chi connectivity index (χ0) is 18.5. The van der Waals surface area contributed by atoms with Gasteiger partial charge in [0.05, 0.1) is 6.21 Å². The number of H-pyrrole nitrogens is 1. The van der Waals surface area contributed by atoms with Crippen molar-refractivity contribution in [1.29, 1.82) is 0 Å². The van der Waals surface area contributed by atoms with Gasteiger partial charge in [-0.2, -0.15) is 23.7 Å². The molecule has 0 saturated heterocycles. The topological polar surface area (TPSA) is 55.2 Å². The van der Waals surface area contributed by atoms with E-state index in [1.807, 2.05) is 0 Å². The van der Waals surface area contributed by atoms with E-state index in [9.17, 15) is 13.2 Å². The van der Waals surface area contributed by atoms with Crippen molar-refractivity contribution in [2.24, 2.45) is 5.10 Å². The summed E-state index contributed by atoms with van der Waals surface area (Å²) < 4.78 is 44.1. The Morgan fingerprint density at radius 2 is 1.92 bits per heavy atom. The number of halogens is 3. The lowest BCUT2D eigenvalue weighted by Gasteiger charge is -2.07. The third-order valence-electron chi connectivity index (χ3n) is 3.44. The molecular weight excluding hydrogens is 365 g/mol. The van der Waals surface area contributed by atoms with E-state index in [0.717, 1.165) is 5.56 Å². The first-order valence-corrected chi connectivity index (χ1v) is 7.92. The molecule has 5 nitrogen and oxygen atoms in total.